The molecule has 0 atom stereocenters. The molecule has 0 aliphatic heterocycles. The van der Waals surface area contributed by atoms with Gasteiger partial charge < -0.3 is 0 Å². The first kappa shape index (κ1) is 6.12. The highest BCUT2D eigenvalue weighted by molar-refractivity contribution is 6.35. The minimum Gasteiger partial charge on any atom is -0.297 e. The lowest BCUT2D eigenvalue weighted by molar-refractivity contribution is 0.349. The summed E-state index contributed by atoms with van der Waals surface area (Å²) in [5.41, 5.74) is 0. The van der Waals surface area contributed by atoms with E-state index < -0.39 is 0 Å². The fraction of sp³-hybridized carbons (Fsp3) is 0.333. The molecular formula is C3H3Cl2O. The maximum absolute atomic E-state index is 9.48. The highest BCUT2D eigenvalue weighted by Crippen LogP contribution is 1.99. The molecule has 1 radical (unpaired) electrons. The van der Waals surface area contributed by atoms with Crippen molar-refractivity contribution in [2.24, 2.45) is 0 Å². The van der Waals surface area contributed by atoms with Gasteiger partial charge in [0.15, 0.2) is 6.26 Å². The largest absolute Gasteiger partial charge is 0.297 e. The highest BCUT2D eigenvalue weighted by atomic mass is 35.5. The van der Waals surface area contributed by atoms with Crippen molar-refractivity contribution < 1.29 is 5.11 Å². The van der Waals surface area contributed by atoms with Gasteiger partial charge in [-0.2, -0.15) is 0 Å². The Labute approximate surface area is 46.2 Å². The van der Waals surface area contributed by atoms with Crippen LogP contribution in [0.3, 0.4) is 0 Å². The Morgan fingerprint density at radius 3 is 2.33 bits per heavy atom. The van der Waals surface area contributed by atoms with Crippen LogP contribution < -0.4 is 0 Å². The molecule has 1 nitrogen and oxygen atoms in total. The van der Waals surface area contributed by atoms with E-state index in [9.17, 15) is 5.11 Å². The molecule has 0 aromatic rings. The summed E-state index contributed by atoms with van der Waals surface area (Å²) in [5.74, 6) is 0.116. The van der Waals surface area contributed by atoms with Crippen LogP contribution in [0.25, 0.3) is 0 Å². The van der Waals surface area contributed by atoms with Gasteiger partial charge >= 0.3 is 0 Å². The normalized spacial score (nSPS) is 12.0. The first-order valence-corrected chi connectivity index (χ1v) is 2.25. The van der Waals surface area contributed by atoms with Gasteiger partial charge in [0.2, 0.25) is 0 Å². The second kappa shape index (κ2) is 3.32. The number of allylic oxidation sites excluding steroid dienone is 1. The highest BCUT2D eigenvalue weighted by Gasteiger charge is 1.82. The molecule has 35 valence electrons. The molecule has 0 rings (SSSR count). The summed E-state index contributed by atoms with van der Waals surface area (Å²) in [5, 5.41) is 9.63. The third-order valence-electron chi connectivity index (χ3n) is 0.256. The third-order valence-corrected chi connectivity index (χ3v) is 0.903. The fourth-order valence-electron chi connectivity index (χ4n) is 0.0315. The van der Waals surface area contributed by atoms with Crippen LogP contribution in [0.15, 0.2) is 11.3 Å². The molecule has 0 N–H and O–H groups in total. The summed E-state index contributed by atoms with van der Waals surface area (Å²) in [6.07, 6.45) is 0.522. The predicted octanol–water partition coefficient (Wildman–Crippen LogP) is 1.74. The Balaban J connectivity index is 3.22. The molecule has 0 unspecified atom stereocenters. The maximum Gasteiger partial charge on any atom is 0.158 e. The Morgan fingerprint density at radius 1 is 1.83 bits per heavy atom. The minimum absolute atomic E-state index is 0.116. The second-order valence-corrected chi connectivity index (χ2v) is 1.45. The van der Waals surface area contributed by atoms with Crippen LogP contribution >= 0.6 is 23.2 Å². The smallest absolute Gasteiger partial charge is 0.158 e. The van der Waals surface area contributed by atoms with E-state index in [1.165, 1.54) is 0 Å². The number of alkyl halides is 1. The molecule has 0 fully saturated rings. The van der Waals surface area contributed by atoms with E-state index >= 15 is 0 Å². The van der Waals surface area contributed by atoms with Crippen molar-refractivity contribution in [2.75, 3.05) is 5.88 Å². The van der Waals surface area contributed by atoms with Crippen molar-refractivity contribution >= 4 is 23.2 Å². The molecule has 0 saturated carbocycles. The molecule has 0 aromatic carbocycles. The molecule has 3 heteroatoms. The Hall–Kier alpha value is 0.120. The van der Waals surface area contributed by atoms with E-state index in [1.54, 1.807) is 0 Å². The van der Waals surface area contributed by atoms with E-state index in [0.29, 0.717) is 6.26 Å². The number of rotatable bonds is 1. The maximum atomic E-state index is 9.48. The molecule has 6 heavy (non-hydrogen) atoms. The summed E-state index contributed by atoms with van der Waals surface area (Å²) in [6.45, 7) is 0. The fourth-order valence-corrected chi connectivity index (χ4v) is 0.0945. The number of hydrogen-bond acceptors (Lipinski definition) is 0. The molecule has 0 spiro atoms. The number of halogens is 2. The molecule has 0 aliphatic rings. The topological polar surface area (TPSA) is 19.9 Å². The summed E-state index contributed by atoms with van der Waals surface area (Å²) < 4.78 is 0. The SMILES string of the molecule is [O]C=C(Cl)CCl. The van der Waals surface area contributed by atoms with Crippen molar-refractivity contribution in [2.45, 2.75) is 0 Å². The molecule has 0 amide bonds. The zero-order chi connectivity index (χ0) is 4.99. The Kier molecular flexibility index (Phi) is 3.38. The van der Waals surface area contributed by atoms with Crippen LogP contribution in [-0.2, 0) is 5.11 Å². The Morgan fingerprint density at radius 2 is 2.33 bits per heavy atom. The van der Waals surface area contributed by atoms with Gasteiger partial charge in [0.25, 0.3) is 0 Å². The summed E-state index contributed by atoms with van der Waals surface area (Å²) in [4.78, 5) is 0. The van der Waals surface area contributed by atoms with E-state index in [2.05, 4.69) is 0 Å². The molecular weight excluding hydrogens is 123 g/mol. The van der Waals surface area contributed by atoms with Crippen molar-refractivity contribution in [3.05, 3.63) is 11.3 Å². The van der Waals surface area contributed by atoms with Crippen molar-refractivity contribution in [1.29, 1.82) is 0 Å². The average Bonchev–Trinajstić information content (AvgIpc) is 1.65. The zero-order valence-electron chi connectivity index (χ0n) is 2.95. The predicted molar refractivity (Wildman–Crippen MR) is 25.3 cm³/mol. The van der Waals surface area contributed by atoms with Crippen molar-refractivity contribution in [3.63, 3.8) is 0 Å². The van der Waals surface area contributed by atoms with E-state index in [4.69, 9.17) is 23.2 Å². The lowest BCUT2D eigenvalue weighted by Gasteiger charge is -1.76. The molecule has 0 aromatic heterocycles. The third kappa shape index (κ3) is 2.36. The standard InChI is InChI=1S/C3H3Cl2O/c4-1-3(5)2-6/h2H,1H2. The van der Waals surface area contributed by atoms with E-state index in [1.807, 2.05) is 0 Å². The van der Waals surface area contributed by atoms with Gasteiger partial charge in [-0.15, -0.1) is 11.6 Å². The van der Waals surface area contributed by atoms with Gasteiger partial charge in [0.1, 0.15) is 0 Å². The van der Waals surface area contributed by atoms with Gasteiger partial charge in [-0.05, 0) is 0 Å². The van der Waals surface area contributed by atoms with Crippen LogP contribution in [0.5, 0.6) is 0 Å². The first-order valence-electron chi connectivity index (χ1n) is 1.33. The lowest BCUT2D eigenvalue weighted by atomic mass is 10.7. The number of hydrogen-bond donors (Lipinski definition) is 0. The van der Waals surface area contributed by atoms with Crippen LogP contribution in [0.2, 0.25) is 0 Å². The quantitative estimate of drug-likeness (QED) is 0.376. The van der Waals surface area contributed by atoms with Gasteiger partial charge in [-0.3, -0.25) is 5.11 Å². The van der Waals surface area contributed by atoms with E-state index in [0.717, 1.165) is 0 Å². The van der Waals surface area contributed by atoms with Crippen LogP contribution in [0.1, 0.15) is 0 Å². The lowest BCUT2D eigenvalue weighted by Crippen LogP contribution is -1.66. The molecule has 0 bridgehead atoms. The molecule has 0 saturated heterocycles. The van der Waals surface area contributed by atoms with Gasteiger partial charge in [-0.25, -0.2) is 0 Å². The van der Waals surface area contributed by atoms with Gasteiger partial charge in [0.05, 0.1) is 10.9 Å². The molecule has 0 heterocycles. The summed E-state index contributed by atoms with van der Waals surface area (Å²) >= 11 is 10.1. The zero-order valence-corrected chi connectivity index (χ0v) is 4.46. The first-order chi connectivity index (χ1) is 2.81. The summed E-state index contributed by atoms with van der Waals surface area (Å²) in [7, 11) is 0. The van der Waals surface area contributed by atoms with Crippen LogP contribution in [0, 0.1) is 0 Å². The van der Waals surface area contributed by atoms with Gasteiger partial charge in [-0.1, -0.05) is 11.6 Å². The van der Waals surface area contributed by atoms with Crippen molar-refractivity contribution in [1.82, 2.24) is 0 Å². The second-order valence-electron chi connectivity index (χ2n) is 0.698. The Bertz CT molecular complexity index is 59.8. The summed E-state index contributed by atoms with van der Waals surface area (Å²) in [6, 6.07) is 0. The van der Waals surface area contributed by atoms with Gasteiger partial charge in [0, 0.05) is 0 Å². The van der Waals surface area contributed by atoms with Crippen LogP contribution in [0.4, 0.5) is 0 Å². The minimum atomic E-state index is 0.116. The monoisotopic (exact) mass is 125 g/mol. The molecule has 0 aliphatic carbocycles. The average molecular weight is 126 g/mol. The van der Waals surface area contributed by atoms with Crippen LogP contribution in [-0.4, -0.2) is 5.88 Å². The van der Waals surface area contributed by atoms with E-state index in [-0.39, 0.29) is 10.9 Å². The van der Waals surface area contributed by atoms with Crippen molar-refractivity contribution in [3.8, 4) is 0 Å².